The van der Waals surface area contributed by atoms with Crippen LogP contribution in [0.25, 0.3) is 17.0 Å². The Morgan fingerprint density at radius 2 is 1.74 bits per heavy atom. The summed E-state index contributed by atoms with van der Waals surface area (Å²) in [6.45, 7) is 2.56. The van der Waals surface area contributed by atoms with Gasteiger partial charge in [0.05, 0.1) is 18.7 Å². The monoisotopic (exact) mass is 486 g/mol. The molecular weight excluding hydrogens is 463 g/mol. The number of methoxy groups -OCH3 is 1. The van der Waals surface area contributed by atoms with Crippen molar-refractivity contribution in [2.24, 2.45) is 0 Å². The van der Waals surface area contributed by atoms with Gasteiger partial charge >= 0.3 is 0 Å². The van der Waals surface area contributed by atoms with E-state index in [-0.39, 0.29) is 11.9 Å². The largest absolute Gasteiger partial charge is 0.497 e. The maximum atomic E-state index is 13.4. The average Bonchev–Trinajstić information content (AvgIpc) is 3.37. The van der Waals surface area contributed by atoms with Gasteiger partial charge in [-0.15, -0.1) is 0 Å². The lowest BCUT2D eigenvalue weighted by Crippen LogP contribution is -2.45. The molecule has 0 amide bonds. The fourth-order valence-electron chi connectivity index (χ4n) is 4.11. The second kappa shape index (κ2) is 9.68. The van der Waals surface area contributed by atoms with Crippen molar-refractivity contribution in [1.29, 1.82) is 0 Å². The highest BCUT2D eigenvalue weighted by atomic mass is 32.1. The summed E-state index contributed by atoms with van der Waals surface area (Å²) in [4.78, 5) is 6.69. The minimum Gasteiger partial charge on any atom is -0.497 e. The average molecular weight is 487 g/mol. The molecule has 0 saturated carbocycles. The number of halogens is 1. The number of benzene rings is 3. The van der Waals surface area contributed by atoms with Gasteiger partial charge in [0.15, 0.2) is 5.11 Å². The first-order valence-electron chi connectivity index (χ1n) is 11.1. The molecule has 1 unspecified atom stereocenters. The highest BCUT2D eigenvalue weighted by molar-refractivity contribution is 7.80. The van der Waals surface area contributed by atoms with E-state index in [0.29, 0.717) is 28.9 Å². The summed E-state index contributed by atoms with van der Waals surface area (Å²) >= 11 is 5.78. The van der Waals surface area contributed by atoms with Crippen molar-refractivity contribution in [2.45, 2.75) is 19.5 Å². The lowest BCUT2D eigenvalue weighted by atomic mass is 9.94. The van der Waals surface area contributed by atoms with Gasteiger partial charge in [-0.25, -0.2) is 4.39 Å². The molecule has 0 saturated heterocycles. The second-order valence-electron chi connectivity index (χ2n) is 8.16. The normalized spacial score (nSPS) is 15.8. The van der Waals surface area contributed by atoms with Gasteiger partial charge in [0, 0.05) is 17.8 Å². The zero-order valence-corrected chi connectivity index (χ0v) is 20.1. The molecule has 0 spiro atoms. The summed E-state index contributed by atoms with van der Waals surface area (Å²) in [5, 5.41) is 8.23. The number of aromatic nitrogens is 2. The van der Waals surface area contributed by atoms with Crippen molar-refractivity contribution in [1.82, 2.24) is 20.4 Å². The molecular formula is C27H23FN4O2S. The van der Waals surface area contributed by atoms with E-state index in [1.807, 2.05) is 66.4 Å². The summed E-state index contributed by atoms with van der Waals surface area (Å²) in [7, 11) is 1.65. The number of hydrogen-bond acceptors (Lipinski definition) is 5. The lowest BCUT2D eigenvalue weighted by Gasteiger charge is -2.37. The lowest BCUT2D eigenvalue weighted by molar-refractivity contribution is 0.396. The Bertz CT molecular complexity index is 1370. The van der Waals surface area contributed by atoms with Crippen LogP contribution in [0.3, 0.4) is 0 Å². The minimum absolute atomic E-state index is 0.266. The van der Waals surface area contributed by atoms with Crippen LogP contribution in [0.4, 0.5) is 4.39 Å². The molecule has 0 aliphatic carbocycles. The fraction of sp³-hybridized carbons (Fsp3) is 0.148. The molecule has 0 fully saturated rings. The van der Waals surface area contributed by atoms with Gasteiger partial charge < -0.3 is 19.5 Å². The van der Waals surface area contributed by atoms with Gasteiger partial charge in [-0.1, -0.05) is 47.6 Å². The zero-order valence-electron chi connectivity index (χ0n) is 19.2. The number of nitrogens with one attached hydrogen (secondary N) is 1. The van der Waals surface area contributed by atoms with Crippen LogP contribution >= 0.6 is 12.2 Å². The first-order chi connectivity index (χ1) is 17.0. The highest BCUT2D eigenvalue weighted by Crippen LogP contribution is 2.38. The molecule has 2 heterocycles. The first kappa shape index (κ1) is 22.7. The third-order valence-electron chi connectivity index (χ3n) is 5.99. The molecule has 5 rings (SSSR count). The van der Waals surface area contributed by atoms with Gasteiger partial charge in [-0.2, -0.15) is 4.98 Å². The van der Waals surface area contributed by atoms with E-state index in [1.54, 1.807) is 19.2 Å². The molecule has 0 bridgehead atoms. The van der Waals surface area contributed by atoms with E-state index in [9.17, 15) is 4.39 Å². The van der Waals surface area contributed by atoms with Crippen LogP contribution in [0, 0.1) is 5.82 Å². The van der Waals surface area contributed by atoms with E-state index < -0.39 is 0 Å². The molecule has 35 heavy (non-hydrogen) atoms. The summed E-state index contributed by atoms with van der Waals surface area (Å²) < 4.78 is 24.4. The number of nitrogens with zero attached hydrogens (tertiary/aromatic N) is 3. The van der Waals surface area contributed by atoms with Gasteiger partial charge in [-0.05, 0) is 66.7 Å². The molecule has 1 aliphatic heterocycles. The molecule has 1 N–H and O–H groups in total. The van der Waals surface area contributed by atoms with Crippen LogP contribution in [0.2, 0.25) is 0 Å². The molecule has 0 radical (unpaired) electrons. The van der Waals surface area contributed by atoms with Crippen molar-refractivity contribution >= 4 is 22.9 Å². The van der Waals surface area contributed by atoms with Crippen molar-refractivity contribution < 1.29 is 13.7 Å². The Morgan fingerprint density at radius 3 is 2.43 bits per heavy atom. The predicted molar refractivity (Wildman–Crippen MR) is 136 cm³/mol. The van der Waals surface area contributed by atoms with Crippen LogP contribution in [-0.2, 0) is 6.54 Å². The molecule has 4 aromatic rings. The fourth-order valence-corrected chi connectivity index (χ4v) is 4.43. The van der Waals surface area contributed by atoms with Crippen molar-refractivity contribution in [3.05, 3.63) is 107 Å². The number of hydrogen-bond donors (Lipinski definition) is 1. The molecule has 1 aromatic heterocycles. The summed E-state index contributed by atoms with van der Waals surface area (Å²) in [6.07, 6.45) is 0. The third-order valence-corrected chi connectivity index (χ3v) is 6.33. The third kappa shape index (κ3) is 4.65. The summed E-state index contributed by atoms with van der Waals surface area (Å²) in [6, 6.07) is 23.6. The van der Waals surface area contributed by atoms with Crippen molar-refractivity contribution in [3.63, 3.8) is 0 Å². The predicted octanol–water partition coefficient (Wildman–Crippen LogP) is 5.75. The number of thiocarbonyl (C=S) groups is 1. The van der Waals surface area contributed by atoms with E-state index >= 15 is 0 Å². The zero-order chi connectivity index (χ0) is 24.4. The summed E-state index contributed by atoms with van der Waals surface area (Å²) in [5.41, 5.74) is 4.51. The van der Waals surface area contributed by atoms with E-state index in [0.717, 1.165) is 28.1 Å². The number of allylic oxidation sites excluding steroid dienone is 1. The van der Waals surface area contributed by atoms with Crippen LogP contribution in [-0.4, -0.2) is 27.3 Å². The van der Waals surface area contributed by atoms with Crippen molar-refractivity contribution in [2.75, 3.05) is 7.11 Å². The molecule has 1 aliphatic rings. The molecule has 8 heteroatoms. The van der Waals surface area contributed by atoms with Crippen LogP contribution in [0.1, 0.15) is 30.0 Å². The van der Waals surface area contributed by atoms with Crippen LogP contribution in [0.15, 0.2) is 89.1 Å². The Kier molecular flexibility index (Phi) is 6.29. The van der Waals surface area contributed by atoms with Crippen LogP contribution < -0.4 is 10.1 Å². The Balaban J connectivity index is 1.56. The quantitative estimate of drug-likeness (QED) is 0.348. The van der Waals surface area contributed by atoms with E-state index in [2.05, 4.69) is 15.5 Å². The Hall–Kier alpha value is -4.04. The van der Waals surface area contributed by atoms with E-state index in [1.165, 1.54) is 12.1 Å². The maximum absolute atomic E-state index is 13.4. The van der Waals surface area contributed by atoms with Gasteiger partial charge in [-0.3, -0.25) is 0 Å². The maximum Gasteiger partial charge on any atom is 0.258 e. The van der Waals surface area contributed by atoms with E-state index in [4.69, 9.17) is 21.5 Å². The topological polar surface area (TPSA) is 63.4 Å². The van der Waals surface area contributed by atoms with Crippen LogP contribution in [0.5, 0.6) is 5.75 Å². The standard InChI is InChI=1S/C27H23FN4O2S/c1-17-23(26-30-25(31-34-26)20-10-12-21(28)13-11-20)24(19-6-4-3-5-7-19)29-27(35)32(17)16-18-8-14-22(33-2)15-9-18/h3-15,24H,16H2,1-2H3,(H,29,35). The molecule has 6 nitrogen and oxygen atoms in total. The SMILES string of the molecule is COc1ccc(CN2C(=S)NC(c3ccccc3)C(c3nc(-c4ccc(F)cc4)no3)=C2C)cc1. The van der Waals surface area contributed by atoms with Crippen molar-refractivity contribution in [3.8, 4) is 17.1 Å². The minimum atomic E-state index is -0.320. The molecule has 176 valence electrons. The Morgan fingerprint density at radius 1 is 1.03 bits per heavy atom. The first-order valence-corrected chi connectivity index (χ1v) is 11.5. The highest BCUT2D eigenvalue weighted by Gasteiger charge is 2.34. The molecule has 3 aromatic carbocycles. The number of rotatable bonds is 6. The summed E-state index contributed by atoms with van der Waals surface area (Å²) in [5.74, 6) is 1.25. The smallest absolute Gasteiger partial charge is 0.258 e. The second-order valence-corrected chi connectivity index (χ2v) is 8.54. The van der Waals surface area contributed by atoms with Gasteiger partial charge in [0.2, 0.25) is 5.82 Å². The van der Waals surface area contributed by atoms with Gasteiger partial charge in [0.1, 0.15) is 11.6 Å². The Labute approximate surface area is 208 Å². The molecule has 1 atom stereocenters. The van der Waals surface area contributed by atoms with Gasteiger partial charge in [0.25, 0.3) is 5.89 Å². The number of ether oxygens (including phenoxy) is 1.